The van der Waals surface area contributed by atoms with Crippen LogP contribution in [0.5, 0.6) is 11.5 Å². The first-order valence-corrected chi connectivity index (χ1v) is 5.06. The molecule has 0 bridgehead atoms. The molecule has 0 aliphatic carbocycles. The second-order valence-corrected chi connectivity index (χ2v) is 4.27. The van der Waals surface area contributed by atoms with Crippen LogP contribution >= 0.6 is 0 Å². The molecule has 0 saturated heterocycles. The van der Waals surface area contributed by atoms with E-state index in [2.05, 4.69) is 0 Å². The van der Waals surface area contributed by atoms with Crippen molar-refractivity contribution in [3.63, 3.8) is 0 Å². The van der Waals surface area contributed by atoms with Crippen molar-refractivity contribution in [2.75, 3.05) is 13.7 Å². The van der Waals surface area contributed by atoms with Gasteiger partial charge in [0.05, 0.1) is 12.5 Å². The molecule has 17 heavy (non-hydrogen) atoms. The Balaban J connectivity index is 2.73. The second kappa shape index (κ2) is 5.03. The minimum absolute atomic E-state index is 0.00286. The van der Waals surface area contributed by atoms with Crippen LogP contribution in [0.15, 0.2) is 18.2 Å². The molecule has 0 fully saturated rings. The fourth-order valence-corrected chi connectivity index (χ4v) is 1.06. The third-order valence-electron chi connectivity index (χ3n) is 2.30. The summed E-state index contributed by atoms with van der Waals surface area (Å²) >= 11 is 0. The van der Waals surface area contributed by atoms with Crippen molar-refractivity contribution in [1.29, 1.82) is 0 Å². The number of benzene rings is 1. The normalized spacial score (nSPS) is 11.1. The lowest BCUT2D eigenvalue weighted by atomic mass is 9.95. The van der Waals surface area contributed by atoms with Gasteiger partial charge in [0.25, 0.3) is 0 Å². The average molecular weight is 242 g/mol. The summed E-state index contributed by atoms with van der Waals surface area (Å²) in [6.45, 7) is 3.10. The minimum Gasteiger partial charge on any atom is -0.494 e. The molecule has 0 aliphatic heterocycles. The van der Waals surface area contributed by atoms with Gasteiger partial charge in [0.1, 0.15) is 12.4 Å². The van der Waals surface area contributed by atoms with E-state index in [1.165, 1.54) is 25.3 Å². The minimum atomic E-state index is -0.998. The number of aliphatic carboxylic acids is 1. The van der Waals surface area contributed by atoms with Crippen molar-refractivity contribution in [2.24, 2.45) is 5.41 Å². The lowest BCUT2D eigenvalue weighted by molar-refractivity contribution is -0.148. The first-order valence-electron chi connectivity index (χ1n) is 5.06. The number of methoxy groups -OCH3 is 1. The maximum Gasteiger partial charge on any atom is 0.312 e. The highest BCUT2D eigenvalue weighted by Crippen LogP contribution is 2.25. The summed E-state index contributed by atoms with van der Waals surface area (Å²) in [7, 11) is 1.35. The summed E-state index contributed by atoms with van der Waals surface area (Å²) in [4.78, 5) is 10.9. The number of hydrogen-bond acceptors (Lipinski definition) is 3. The molecule has 0 radical (unpaired) electrons. The van der Waals surface area contributed by atoms with E-state index in [4.69, 9.17) is 14.6 Å². The zero-order valence-corrected chi connectivity index (χ0v) is 9.99. The van der Waals surface area contributed by atoms with Gasteiger partial charge in [0.15, 0.2) is 11.6 Å². The third-order valence-corrected chi connectivity index (χ3v) is 2.30. The summed E-state index contributed by atoms with van der Waals surface area (Å²) in [6.07, 6.45) is 0. The molecule has 0 saturated carbocycles. The summed E-state index contributed by atoms with van der Waals surface area (Å²) in [5.74, 6) is -1.00. The zero-order chi connectivity index (χ0) is 13.1. The van der Waals surface area contributed by atoms with Crippen molar-refractivity contribution in [2.45, 2.75) is 13.8 Å². The first-order chi connectivity index (χ1) is 7.86. The van der Waals surface area contributed by atoms with Crippen LogP contribution in [0.2, 0.25) is 0 Å². The van der Waals surface area contributed by atoms with Gasteiger partial charge in [-0.05, 0) is 26.0 Å². The van der Waals surface area contributed by atoms with Crippen LogP contribution in [0.3, 0.4) is 0 Å². The van der Waals surface area contributed by atoms with Crippen molar-refractivity contribution in [3.8, 4) is 11.5 Å². The van der Waals surface area contributed by atoms with Crippen LogP contribution < -0.4 is 9.47 Å². The van der Waals surface area contributed by atoms with Crippen LogP contribution in [0.4, 0.5) is 4.39 Å². The highest BCUT2D eigenvalue weighted by Gasteiger charge is 2.28. The fraction of sp³-hybridized carbons (Fsp3) is 0.417. The molecular formula is C12H15FO4. The van der Waals surface area contributed by atoms with E-state index in [0.29, 0.717) is 5.75 Å². The third kappa shape index (κ3) is 3.34. The molecule has 1 rings (SSSR count). The summed E-state index contributed by atoms with van der Waals surface area (Å²) in [5.41, 5.74) is -0.998. The van der Waals surface area contributed by atoms with Crippen molar-refractivity contribution >= 4 is 5.97 Å². The van der Waals surface area contributed by atoms with Crippen LogP contribution in [0.25, 0.3) is 0 Å². The molecule has 5 heteroatoms. The number of carboxylic acid groups (broad SMARTS) is 1. The molecule has 0 heterocycles. The Hall–Kier alpha value is -1.78. The average Bonchev–Trinajstić information content (AvgIpc) is 2.28. The number of carbonyl (C=O) groups is 1. The van der Waals surface area contributed by atoms with E-state index in [-0.39, 0.29) is 12.4 Å². The standard InChI is InChI=1S/C12H15FO4/c1-12(2,11(14)15)7-17-8-4-5-9(13)10(6-8)16-3/h4-6H,7H2,1-3H3,(H,14,15). The SMILES string of the molecule is COc1cc(OCC(C)(C)C(=O)O)ccc1F. The van der Waals surface area contributed by atoms with E-state index in [1.54, 1.807) is 13.8 Å². The monoisotopic (exact) mass is 242 g/mol. The maximum absolute atomic E-state index is 13.1. The number of hydrogen-bond donors (Lipinski definition) is 1. The van der Waals surface area contributed by atoms with Gasteiger partial charge in [0, 0.05) is 6.07 Å². The van der Waals surface area contributed by atoms with Crippen LogP contribution in [0.1, 0.15) is 13.8 Å². The molecule has 0 atom stereocenters. The van der Waals surface area contributed by atoms with Gasteiger partial charge in [-0.2, -0.15) is 0 Å². The maximum atomic E-state index is 13.1. The highest BCUT2D eigenvalue weighted by molar-refractivity contribution is 5.73. The Morgan fingerprint density at radius 2 is 2.12 bits per heavy atom. The molecule has 0 aromatic heterocycles. The van der Waals surface area contributed by atoms with Crippen LogP contribution in [-0.4, -0.2) is 24.8 Å². The molecule has 4 nitrogen and oxygen atoms in total. The molecular weight excluding hydrogens is 227 g/mol. The van der Waals surface area contributed by atoms with Crippen molar-refractivity contribution in [1.82, 2.24) is 0 Å². The smallest absolute Gasteiger partial charge is 0.312 e. The quantitative estimate of drug-likeness (QED) is 0.860. The lowest BCUT2D eigenvalue weighted by Gasteiger charge is -2.19. The summed E-state index contributed by atoms with van der Waals surface area (Å²) < 4.78 is 23.2. The Kier molecular flexibility index (Phi) is 3.93. The highest BCUT2D eigenvalue weighted by atomic mass is 19.1. The molecule has 94 valence electrons. The Bertz CT molecular complexity index is 415. The molecule has 0 spiro atoms. The van der Waals surface area contributed by atoms with Gasteiger partial charge in [-0.25, -0.2) is 4.39 Å². The Morgan fingerprint density at radius 1 is 1.47 bits per heavy atom. The zero-order valence-electron chi connectivity index (χ0n) is 9.99. The van der Waals surface area contributed by atoms with Gasteiger partial charge >= 0.3 is 5.97 Å². The molecule has 0 amide bonds. The van der Waals surface area contributed by atoms with Gasteiger partial charge in [0.2, 0.25) is 0 Å². The second-order valence-electron chi connectivity index (χ2n) is 4.27. The van der Waals surface area contributed by atoms with Crippen molar-refractivity contribution in [3.05, 3.63) is 24.0 Å². The Morgan fingerprint density at radius 3 is 2.65 bits per heavy atom. The van der Waals surface area contributed by atoms with Gasteiger partial charge in [-0.1, -0.05) is 0 Å². The number of ether oxygens (including phenoxy) is 2. The van der Waals surface area contributed by atoms with E-state index >= 15 is 0 Å². The molecule has 0 aliphatic rings. The molecule has 1 aromatic carbocycles. The molecule has 0 unspecified atom stereocenters. The van der Waals surface area contributed by atoms with E-state index in [9.17, 15) is 9.18 Å². The van der Waals surface area contributed by atoms with Gasteiger partial charge in [-0.3, -0.25) is 4.79 Å². The molecule has 1 aromatic rings. The number of halogens is 1. The Labute approximate surface area is 99.0 Å². The first kappa shape index (κ1) is 13.3. The number of rotatable bonds is 5. The van der Waals surface area contributed by atoms with Gasteiger partial charge < -0.3 is 14.6 Å². The predicted molar refractivity (Wildman–Crippen MR) is 59.9 cm³/mol. The topological polar surface area (TPSA) is 55.8 Å². The van der Waals surface area contributed by atoms with E-state index in [0.717, 1.165) is 0 Å². The molecule has 1 N–H and O–H groups in total. The fourth-order valence-electron chi connectivity index (χ4n) is 1.06. The predicted octanol–water partition coefficient (Wildman–Crippen LogP) is 2.32. The van der Waals surface area contributed by atoms with Gasteiger partial charge in [-0.15, -0.1) is 0 Å². The lowest BCUT2D eigenvalue weighted by Crippen LogP contribution is -2.30. The van der Waals surface area contributed by atoms with E-state index < -0.39 is 17.2 Å². The summed E-state index contributed by atoms with van der Waals surface area (Å²) in [5, 5.41) is 8.90. The van der Waals surface area contributed by atoms with Crippen LogP contribution in [-0.2, 0) is 4.79 Å². The van der Waals surface area contributed by atoms with Crippen LogP contribution in [0, 0.1) is 11.2 Å². The summed E-state index contributed by atoms with van der Waals surface area (Å²) in [6, 6.07) is 4.02. The largest absolute Gasteiger partial charge is 0.494 e. The number of carboxylic acids is 1. The van der Waals surface area contributed by atoms with E-state index in [1.807, 2.05) is 0 Å². The van der Waals surface area contributed by atoms with Crippen molar-refractivity contribution < 1.29 is 23.8 Å².